The zero-order valence-electron chi connectivity index (χ0n) is 12.2. The molecule has 1 saturated heterocycles. The number of hydrogen-bond donors (Lipinski definition) is 0. The zero-order chi connectivity index (χ0) is 15.7. The highest BCUT2D eigenvalue weighted by molar-refractivity contribution is 7.89. The number of rotatable bonds is 3. The smallest absolute Gasteiger partial charge is 0.243 e. The summed E-state index contributed by atoms with van der Waals surface area (Å²) in [4.78, 5) is 0.174. The average Bonchev–Trinajstić information content (AvgIpc) is 3.01. The second kappa shape index (κ2) is 5.77. The molecule has 0 aliphatic carbocycles. The molecule has 1 aliphatic rings. The van der Waals surface area contributed by atoms with Gasteiger partial charge >= 0.3 is 0 Å². The largest absolute Gasteiger partial charge is 0.249 e. The van der Waals surface area contributed by atoms with Crippen LogP contribution in [0.3, 0.4) is 0 Å². The van der Waals surface area contributed by atoms with E-state index in [0.29, 0.717) is 31.5 Å². The molecule has 1 aromatic heterocycles. The lowest BCUT2D eigenvalue weighted by Gasteiger charge is -2.31. The Morgan fingerprint density at radius 3 is 2.59 bits per heavy atom. The fraction of sp³-hybridized carbons (Fsp3) is 0.429. The highest BCUT2D eigenvalue weighted by Gasteiger charge is 2.31. The Morgan fingerprint density at radius 1 is 1.27 bits per heavy atom. The Kier molecular flexibility index (Phi) is 3.96. The second-order valence-electron chi connectivity index (χ2n) is 5.43. The molecule has 0 unspecified atom stereocenters. The van der Waals surface area contributed by atoms with Crippen molar-refractivity contribution in [2.75, 3.05) is 13.1 Å². The van der Waals surface area contributed by atoms with Crippen molar-refractivity contribution in [2.24, 2.45) is 0 Å². The maximum Gasteiger partial charge on any atom is 0.243 e. The number of halogens is 1. The van der Waals surface area contributed by atoms with Crippen LogP contribution in [0.4, 0.5) is 4.39 Å². The topological polar surface area (TPSA) is 68.1 Å². The Morgan fingerprint density at radius 2 is 2.00 bits per heavy atom. The maximum atomic E-state index is 13.2. The van der Waals surface area contributed by atoms with E-state index in [1.807, 2.05) is 0 Å². The van der Waals surface area contributed by atoms with Gasteiger partial charge in [-0.25, -0.2) is 17.5 Å². The molecule has 118 valence electrons. The van der Waals surface area contributed by atoms with Gasteiger partial charge in [-0.2, -0.15) is 4.31 Å². The highest BCUT2D eigenvalue weighted by atomic mass is 32.2. The molecule has 0 amide bonds. The van der Waals surface area contributed by atoms with Crippen LogP contribution in [0.2, 0.25) is 0 Å². The van der Waals surface area contributed by atoms with E-state index < -0.39 is 15.8 Å². The Balaban J connectivity index is 1.77. The molecule has 8 heteroatoms. The third kappa shape index (κ3) is 2.76. The molecule has 0 saturated carbocycles. The monoisotopic (exact) mass is 324 g/mol. The van der Waals surface area contributed by atoms with E-state index >= 15 is 0 Å². The van der Waals surface area contributed by atoms with Crippen molar-refractivity contribution < 1.29 is 12.8 Å². The number of aryl methyl sites for hydroxylation is 1. The standard InChI is InChI=1S/C14H17FN4O2S/c1-11-10-12(15)2-3-14(11)22(20,21)18-7-4-13(5-8-18)19-9-6-16-17-19/h2-3,6,9-10,13H,4-5,7-8H2,1H3. The molecule has 6 nitrogen and oxygen atoms in total. The molecule has 0 N–H and O–H groups in total. The van der Waals surface area contributed by atoms with Crippen LogP contribution < -0.4 is 0 Å². The predicted molar refractivity (Wildman–Crippen MR) is 78.2 cm³/mol. The molecule has 1 aliphatic heterocycles. The second-order valence-corrected chi connectivity index (χ2v) is 7.33. The van der Waals surface area contributed by atoms with Gasteiger partial charge in [0, 0.05) is 19.3 Å². The summed E-state index contributed by atoms with van der Waals surface area (Å²) in [5, 5.41) is 7.74. The zero-order valence-corrected chi connectivity index (χ0v) is 13.0. The SMILES string of the molecule is Cc1cc(F)ccc1S(=O)(=O)N1CCC(n2ccnn2)CC1. The van der Waals surface area contributed by atoms with Gasteiger partial charge in [0.1, 0.15) is 5.82 Å². The maximum absolute atomic E-state index is 13.2. The number of sulfonamides is 1. The quantitative estimate of drug-likeness (QED) is 0.862. The van der Waals surface area contributed by atoms with Crippen LogP contribution in [-0.2, 0) is 10.0 Å². The number of benzene rings is 1. The minimum absolute atomic E-state index is 0.170. The highest BCUT2D eigenvalue weighted by Crippen LogP contribution is 2.27. The van der Waals surface area contributed by atoms with Crippen LogP contribution in [0.5, 0.6) is 0 Å². The molecule has 2 aromatic rings. The summed E-state index contributed by atoms with van der Waals surface area (Å²) in [6, 6.07) is 3.93. The molecular formula is C14H17FN4O2S. The van der Waals surface area contributed by atoms with Crippen LogP contribution in [-0.4, -0.2) is 40.8 Å². The van der Waals surface area contributed by atoms with Crippen molar-refractivity contribution in [1.29, 1.82) is 0 Å². The summed E-state index contributed by atoms with van der Waals surface area (Å²) in [6.45, 7) is 2.45. The molecular weight excluding hydrogens is 307 g/mol. The lowest BCUT2D eigenvalue weighted by Crippen LogP contribution is -2.39. The van der Waals surface area contributed by atoms with Gasteiger partial charge in [0.25, 0.3) is 0 Å². The minimum atomic E-state index is -3.58. The van der Waals surface area contributed by atoms with Gasteiger partial charge in [-0.1, -0.05) is 5.21 Å². The van der Waals surface area contributed by atoms with Gasteiger partial charge in [0.05, 0.1) is 17.1 Å². The van der Waals surface area contributed by atoms with Gasteiger partial charge in [0.15, 0.2) is 0 Å². The van der Waals surface area contributed by atoms with E-state index in [4.69, 9.17) is 0 Å². The summed E-state index contributed by atoms with van der Waals surface area (Å²) >= 11 is 0. The van der Waals surface area contributed by atoms with E-state index in [9.17, 15) is 12.8 Å². The van der Waals surface area contributed by atoms with E-state index in [-0.39, 0.29) is 10.9 Å². The van der Waals surface area contributed by atoms with Gasteiger partial charge in [-0.05, 0) is 43.5 Å². The molecule has 22 heavy (non-hydrogen) atoms. The third-order valence-corrected chi connectivity index (χ3v) is 6.05. The molecule has 1 aromatic carbocycles. The first kappa shape index (κ1) is 15.1. The van der Waals surface area contributed by atoms with Crippen molar-refractivity contribution in [3.8, 4) is 0 Å². The van der Waals surface area contributed by atoms with E-state index in [1.165, 1.54) is 22.5 Å². The summed E-state index contributed by atoms with van der Waals surface area (Å²) in [5.74, 6) is -0.429. The summed E-state index contributed by atoms with van der Waals surface area (Å²) in [7, 11) is -3.58. The lowest BCUT2D eigenvalue weighted by atomic mass is 10.1. The molecule has 0 radical (unpaired) electrons. The Hall–Kier alpha value is -1.80. The van der Waals surface area contributed by atoms with Crippen molar-refractivity contribution in [3.05, 3.63) is 42.0 Å². The van der Waals surface area contributed by atoms with Gasteiger partial charge in [0.2, 0.25) is 10.0 Å². The van der Waals surface area contributed by atoms with Crippen molar-refractivity contribution >= 4 is 10.0 Å². The van der Waals surface area contributed by atoms with Crippen LogP contribution >= 0.6 is 0 Å². The van der Waals surface area contributed by atoms with Crippen molar-refractivity contribution in [3.63, 3.8) is 0 Å². The first-order valence-electron chi connectivity index (χ1n) is 7.10. The normalized spacial score (nSPS) is 17.7. The average molecular weight is 324 g/mol. The minimum Gasteiger partial charge on any atom is -0.249 e. The fourth-order valence-corrected chi connectivity index (χ4v) is 4.48. The summed E-state index contributed by atoms with van der Waals surface area (Å²) < 4.78 is 41.8. The number of nitrogens with zero attached hydrogens (tertiary/aromatic N) is 4. The fourth-order valence-electron chi connectivity index (χ4n) is 2.80. The van der Waals surface area contributed by atoms with Crippen LogP contribution in [0, 0.1) is 12.7 Å². The van der Waals surface area contributed by atoms with Crippen LogP contribution in [0.25, 0.3) is 0 Å². The number of aromatic nitrogens is 3. The van der Waals surface area contributed by atoms with E-state index in [0.717, 1.165) is 0 Å². The molecule has 0 spiro atoms. The molecule has 1 fully saturated rings. The first-order chi connectivity index (χ1) is 10.5. The lowest BCUT2D eigenvalue weighted by molar-refractivity contribution is 0.258. The number of hydrogen-bond acceptors (Lipinski definition) is 4. The van der Waals surface area contributed by atoms with Crippen molar-refractivity contribution in [1.82, 2.24) is 19.3 Å². The van der Waals surface area contributed by atoms with Gasteiger partial charge < -0.3 is 0 Å². The summed E-state index contributed by atoms with van der Waals surface area (Å²) in [6.07, 6.45) is 4.77. The Bertz CT molecular complexity index is 753. The molecule has 2 heterocycles. The van der Waals surface area contributed by atoms with E-state index in [2.05, 4.69) is 10.3 Å². The van der Waals surface area contributed by atoms with Crippen molar-refractivity contribution in [2.45, 2.75) is 30.7 Å². The van der Waals surface area contributed by atoms with E-state index in [1.54, 1.807) is 24.0 Å². The van der Waals surface area contributed by atoms with Crippen LogP contribution in [0.15, 0.2) is 35.5 Å². The molecule has 0 atom stereocenters. The van der Waals surface area contributed by atoms with Gasteiger partial charge in [-0.3, -0.25) is 0 Å². The molecule has 0 bridgehead atoms. The summed E-state index contributed by atoms with van der Waals surface area (Å²) in [5.41, 5.74) is 0.429. The predicted octanol–water partition coefficient (Wildman–Crippen LogP) is 1.75. The Labute approximate surface area is 128 Å². The van der Waals surface area contributed by atoms with Gasteiger partial charge in [-0.15, -0.1) is 5.10 Å². The third-order valence-electron chi connectivity index (χ3n) is 3.99. The molecule has 3 rings (SSSR count). The first-order valence-corrected chi connectivity index (χ1v) is 8.54. The number of piperidine rings is 1. The van der Waals surface area contributed by atoms with Crippen LogP contribution in [0.1, 0.15) is 24.4 Å².